The van der Waals surface area contributed by atoms with Gasteiger partial charge in [-0.15, -0.1) is 0 Å². The second kappa shape index (κ2) is 5.55. The number of hydrogen-bond donors (Lipinski definition) is 1. The minimum absolute atomic E-state index is 0.641. The maximum Gasteiger partial charge on any atom is 0.131 e. The molecule has 0 bridgehead atoms. The van der Waals surface area contributed by atoms with Crippen LogP contribution in [0.25, 0.3) is 10.9 Å². The molecule has 3 nitrogen and oxygen atoms in total. The van der Waals surface area contributed by atoms with E-state index in [1.807, 2.05) is 0 Å². The third-order valence-corrected chi connectivity index (χ3v) is 4.85. The number of fused-ring (bicyclic) bond motifs is 1. The van der Waals surface area contributed by atoms with Crippen molar-refractivity contribution in [3.05, 3.63) is 30.3 Å². The first-order chi connectivity index (χ1) is 10.4. The van der Waals surface area contributed by atoms with Gasteiger partial charge in [-0.25, -0.2) is 4.98 Å². The van der Waals surface area contributed by atoms with Crippen molar-refractivity contribution in [2.75, 3.05) is 23.3 Å². The SMILES string of the molecule is c1ccc2c(NC3CCCC3)cc(N3CCCC3)nc2c1. The molecule has 2 heterocycles. The Morgan fingerprint density at radius 1 is 1.00 bits per heavy atom. The van der Waals surface area contributed by atoms with E-state index in [1.54, 1.807) is 0 Å². The summed E-state index contributed by atoms with van der Waals surface area (Å²) in [5.41, 5.74) is 2.39. The molecule has 2 aromatic rings. The number of nitrogens with one attached hydrogen (secondary N) is 1. The molecule has 1 saturated carbocycles. The van der Waals surface area contributed by atoms with Crippen LogP contribution in [-0.4, -0.2) is 24.1 Å². The van der Waals surface area contributed by atoms with Crippen molar-refractivity contribution < 1.29 is 0 Å². The van der Waals surface area contributed by atoms with Gasteiger partial charge in [0.2, 0.25) is 0 Å². The van der Waals surface area contributed by atoms with E-state index in [1.165, 1.54) is 49.6 Å². The summed E-state index contributed by atoms with van der Waals surface area (Å²) in [6, 6.07) is 11.4. The molecule has 0 atom stereocenters. The van der Waals surface area contributed by atoms with Crippen molar-refractivity contribution in [1.82, 2.24) is 4.98 Å². The number of aromatic nitrogens is 1. The number of anilines is 2. The summed E-state index contributed by atoms with van der Waals surface area (Å²) in [4.78, 5) is 7.30. The molecule has 1 aromatic carbocycles. The molecule has 1 aliphatic heterocycles. The van der Waals surface area contributed by atoms with E-state index < -0.39 is 0 Å². The number of nitrogens with zero attached hydrogens (tertiary/aromatic N) is 2. The third kappa shape index (κ3) is 2.57. The van der Waals surface area contributed by atoms with Gasteiger partial charge in [0, 0.05) is 36.3 Å². The van der Waals surface area contributed by atoms with E-state index >= 15 is 0 Å². The van der Waals surface area contributed by atoms with E-state index in [-0.39, 0.29) is 0 Å². The summed E-state index contributed by atoms with van der Waals surface area (Å²) in [5, 5.41) is 5.04. The quantitative estimate of drug-likeness (QED) is 0.914. The van der Waals surface area contributed by atoms with E-state index in [2.05, 4.69) is 40.5 Å². The summed E-state index contributed by atoms with van der Waals surface area (Å²) < 4.78 is 0. The van der Waals surface area contributed by atoms with Crippen molar-refractivity contribution in [2.24, 2.45) is 0 Å². The predicted molar refractivity (Wildman–Crippen MR) is 89.1 cm³/mol. The summed E-state index contributed by atoms with van der Waals surface area (Å²) in [7, 11) is 0. The normalized spacial score (nSPS) is 19.5. The Morgan fingerprint density at radius 3 is 2.57 bits per heavy atom. The second-order valence-electron chi connectivity index (χ2n) is 6.37. The zero-order valence-corrected chi connectivity index (χ0v) is 12.5. The van der Waals surface area contributed by atoms with Gasteiger partial charge in [-0.1, -0.05) is 31.0 Å². The number of pyridine rings is 1. The molecule has 1 aromatic heterocycles. The van der Waals surface area contributed by atoms with Gasteiger partial charge >= 0.3 is 0 Å². The van der Waals surface area contributed by atoms with Crippen LogP contribution in [0.5, 0.6) is 0 Å². The van der Waals surface area contributed by atoms with Crippen molar-refractivity contribution in [3.8, 4) is 0 Å². The van der Waals surface area contributed by atoms with Crippen LogP contribution in [0, 0.1) is 0 Å². The molecule has 0 amide bonds. The number of hydrogen-bond acceptors (Lipinski definition) is 3. The lowest BCUT2D eigenvalue weighted by molar-refractivity contribution is 0.756. The van der Waals surface area contributed by atoms with Crippen LogP contribution in [0.1, 0.15) is 38.5 Å². The second-order valence-corrected chi connectivity index (χ2v) is 6.37. The largest absolute Gasteiger partial charge is 0.382 e. The zero-order valence-electron chi connectivity index (χ0n) is 12.5. The van der Waals surface area contributed by atoms with Crippen LogP contribution in [-0.2, 0) is 0 Å². The molecule has 1 N–H and O–H groups in total. The Bertz CT molecular complexity index is 625. The molecule has 2 aliphatic rings. The van der Waals surface area contributed by atoms with Crippen molar-refractivity contribution in [3.63, 3.8) is 0 Å². The molecule has 3 heteroatoms. The van der Waals surface area contributed by atoms with Gasteiger partial charge in [-0.05, 0) is 31.7 Å². The summed E-state index contributed by atoms with van der Waals surface area (Å²) >= 11 is 0. The molecule has 0 spiro atoms. The Morgan fingerprint density at radius 2 is 1.76 bits per heavy atom. The van der Waals surface area contributed by atoms with Crippen LogP contribution < -0.4 is 10.2 Å². The molecule has 0 radical (unpaired) electrons. The van der Waals surface area contributed by atoms with Crippen molar-refractivity contribution in [1.29, 1.82) is 0 Å². The lowest BCUT2D eigenvalue weighted by Crippen LogP contribution is -2.20. The van der Waals surface area contributed by atoms with E-state index in [4.69, 9.17) is 4.98 Å². The van der Waals surface area contributed by atoms with E-state index in [9.17, 15) is 0 Å². The van der Waals surface area contributed by atoms with Gasteiger partial charge in [0.15, 0.2) is 0 Å². The first-order valence-electron chi connectivity index (χ1n) is 8.31. The fraction of sp³-hybridized carbons (Fsp3) is 0.500. The monoisotopic (exact) mass is 281 g/mol. The van der Waals surface area contributed by atoms with Crippen LogP contribution in [0.3, 0.4) is 0 Å². The van der Waals surface area contributed by atoms with Gasteiger partial charge < -0.3 is 10.2 Å². The number of benzene rings is 1. The molecule has 110 valence electrons. The topological polar surface area (TPSA) is 28.2 Å². The smallest absolute Gasteiger partial charge is 0.131 e. The first-order valence-corrected chi connectivity index (χ1v) is 8.31. The molecule has 2 fully saturated rings. The maximum atomic E-state index is 4.88. The van der Waals surface area contributed by atoms with Crippen molar-refractivity contribution in [2.45, 2.75) is 44.6 Å². The Labute approximate surface area is 126 Å². The highest BCUT2D eigenvalue weighted by molar-refractivity contribution is 5.93. The molecule has 1 saturated heterocycles. The number of rotatable bonds is 3. The van der Waals surface area contributed by atoms with Crippen LogP contribution >= 0.6 is 0 Å². The lowest BCUT2D eigenvalue weighted by Gasteiger charge is -2.21. The van der Waals surface area contributed by atoms with Gasteiger partial charge in [-0.2, -0.15) is 0 Å². The average molecular weight is 281 g/mol. The van der Waals surface area contributed by atoms with Gasteiger partial charge in [0.05, 0.1) is 5.52 Å². The van der Waals surface area contributed by atoms with Gasteiger partial charge in [0.1, 0.15) is 5.82 Å². The summed E-state index contributed by atoms with van der Waals surface area (Å²) in [6.45, 7) is 2.29. The highest BCUT2D eigenvalue weighted by Gasteiger charge is 2.19. The highest BCUT2D eigenvalue weighted by atomic mass is 15.2. The number of para-hydroxylation sites is 1. The highest BCUT2D eigenvalue weighted by Crippen LogP contribution is 2.31. The fourth-order valence-corrected chi connectivity index (χ4v) is 3.68. The minimum Gasteiger partial charge on any atom is -0.382 e. The average Bonchev–Trinajstić information content (AvgIpc) is 3.20. The minimum atomic E-state index is 0.641. The molecular formula is C18H23N3. The first kappa shape index (κ1) is 12.9. The molecular weight excluding hydrogens is 258 g/mol. The lowest BCUT2D eigenvalue weighted by atomic mass is 10.1. The van der Waals surface area contributed by atoms with Crippen molar-refractivity contribution >= 4 is 22.4 Å². The molecule has 0 unspecified atom stereocenters. The van der Waals surface area contributed by atoms with Crippen LogP contribution in [0.4, 0.5) is 11.5 Å². The molecule has 4 rings (SSSR count). The van der Waals surface area contributed by atoms with Crippen LogP contribution in [0.2, 0.25) is 0 Å². The van der Waals surface area contributed by atoms with Crippen LogP contribution in [0.15, 0.2) is 30.3 Å². The van der Waals surface area contributed by atoms with E-state index in [0.29, 0.717) is 6.04 Å². The zero-order chi connectivity index (χ0) is 14.1. The summed E-state index contributed by atoms with van der Waals surface area (Å²) in [6.07, 6.45) is 7.91. The predicted octanol–water partition coefficient (Wildman–Crippen LogP) is 4.19. The third-order valence-electron chi connectivity index (χ3n) is 4.85. The van der Waals surface area contributed by atoms with Gasteiger partial charge in [0.25, 0.3) is 0 Å². The van der Waals surface area contributed by atoms with Gasteiger partial charge in [-0.3, -0.25) is 0 Å². The molecule has 21 heavy (non-hydrogen) atoms. The van der Waals surface area contributed by atoms with E-state index in [0.717, 1.165) is 24.4 Å². The summed E-state index contributed by atoms with van der Waals surface area (Å²) in [5.74, 6) is 1.15. The Balaban J connectivity index is 1.74. The standard InChI is InChI=1S/C18H23N3/c1-2-8-14(7-1)19-17-13-18(21-11-5-6-12-21)20-16-10-4-3-9-15(16)17/h3-4,9-10,13-14H,1-2,5-8,11-12H2,(H,19,20). The molecule has 1 aliphatic carbocycles. The Hall–Kier alpha value is -1.77. The maximum absolute atomic E-state index is 4.88. The fourth-order valence-electron chi connectivity index (χ4n) is 3.68. The Kier molecular flexibility index (Phi) is 3.42.